The van der Waals surface area contributed by atoms with Crippen molar-refractivity contribution < 1.29 is 18.6 Å². The van der Waals surface area contributed by atoms with Crippen LogP contribution in [-0.4, -0.2) is 36.4 Å². The van der Waals surface area contributed by atoms with Crippen molar-refractivity contribution in [3.05, 3.63) is 42.5 Å². The Bertz CT molecular complexity index is 861. The van der Waals surface area contributed by atoms with Crippen molar-refractivity contribution in [2.24, 2.45) is 5.92 Å². The molecule has 2 aromatic carbocycles. The highest BCUT2D eigenvalue weighted by atomic mass is 32.2. The molecule has 0 radical (unpaired) electrons. The first kappa shape index (κ1) is 15.1. The highest BCUT2D eigenvalue weighted by Crippen LogP contribution is 2.48. The van der Waals surface area contributed by atoms with Crippen molar-refractivity contribution >= 4 is 20.8 Å². The van der Waals surface area contributed by atoms with Gasteiger partial charge >= 0.3 is 0 Å². The molecule has 122 valence electrons. The summed E-state index contributed by atoms with van der Waals surface area (Å²) in [5.41, 5.74) is -0.945. The van der Waals surface area contributed by atoms with Crippen molar-refractivity contribution in [3.63, 3.8) is 0 Å². The van der Waals surface area contributed by atoms with Gasteiger partial charge in [0.15, 0.2) is 0 Å². The van der Waals surface area contributed by atoms with Crippen molar-refractivity contribution in [2.75, 3.05) is 0 Å². The third-order valence-electron chi connectivity index (χ3n) is 5.34. The number of hydrogen-bond donors (Lipinski definition) is 3. The molecule has 5 nitrogen and oxygen atoms in total. The number of fused-ring (bicyclic) bond motifs is 3. The molecule has 0 saturated heterocycles. The fraction of sp³-hybridized carbons (Fsp3) is 0.412. The molecule has 2 aliphatic carbocycles. The summed E-state index contributed by atoms with van der Waals surface area (Å²) in [6.45, 7) is 0. The van der Waals surface area contributed by atoms with Gasteiger partial charge < -0.3 is 10.2 Å². The zero-order chi connectivity index (χ0) is 16.2. The summed E-state index contributed by atoms with van der Waals surface area (Å²) in [5, 5.41) is 21.8. The van der Waals surface area contributed by atoms with Gasteiger partial charge in [0.1, 0.15) is 0 Å². The lowest BCUT2D eigenvalue weighted by atomic mass is 9.90. The topological polar surface area (TPSA) is 86.6 Å². The second-order valence-corrected chi connectivity index (χ2v) is 8.33. The van der Waals surface area contributed by atoms with Crippen molar-refractivity contribution in [1.82, 2.24) is 4.72 Å². The Labute approximate surface area is 135 Å². The summed E-state index contributed by atoms with van der Waals surface area (Å²) >= 11 is 0. The number of sulfonamides is 1. The summed E-state index contributed by atoms with van der Waals surface area (Å²) < 4.78 is 28.6. The smallest absolute Gasteiger partial charge is 0.241 e. The van der Waals surface area contributed by atoms with Crippen LogP contribution >= 0.6 is 0 Å². The fourth-order valence-electron chi connectivity index (χ4n) is 4.17. The van der Waals surface area contributed by atoms with Gasteiger partial charge in [-0.1, -0.05) is 36.4 Å². The Kier molecular flexibility index (Phi) is 3.29. The Morgan fingerprint density at radius 3 is 2.57 bits per heavy atom. The highest BCUT2D eigenvalue weighted by molar-refractivity contribution is 7.89. The van der Waals surface area contributed by atoms with Crippen LogP contribution in [0.3, 0.4) is 0 Å². The molecule has 2 aromatic rings. The zero-order valence-electron chi connectivity index (χ0n) is 12.5. The van der Waals surface area contributed by atoms with Crippen LogP contribution in [0, 0.1) is 5.92 Å². The van der Waals surface area contributed by atoms with E-state index in [-0.39, 0.29) is 10.8 Å². The molecule has 2 unspecified atom stereocenters. The van der Waals surface area contributed by atoms with Crippen molar-refractivity contribution in [1.29, 1.82) is 0 Å². The van der Waals surface area contributed by atoms with E-state index in [1.54, 1.807) is 24.3 Å². The van der Waals surface area contributed by atoms with Crippen LogP contribution in [0.1, 0.15) is 19.3 Å². The minimum Gasteiger partial charge on any atom is -0.390 e. The van der Waals surface area contributed by atoms with E-state index in [0.717, 1.165) is 11.8 Å². The average molecular weight is 333 g/mol. The summed E-state index contributed by atoms with van der Waals surface area (Å²) in [7, 11) is -3.79. The molecule has 2 aliphatic rings. The first-order valence-electron chi connectivity index (χ1n) is 7.81. The van der Waals surface area contributed by atoms with Gasteiger partial charge in [-0.3, -0.25) is 0 Å². The largest absolute Gasteiger partial charge is 0.390 e. The van der Waals surface area contributed by atoms with Crippen LogP contribution in [0.15, 0.2) is 47.4 Å². The summed E-state index contributed by atoms with van der Waals surface area (Å²) in [4.78, 5) is 0.210. The van der Waals surface area contributed by atoms with Gasteiger partial charge in [0, 0.05) is 5.39 Å². The second-order valence-electron chi connectivity index (χ2n) is 6.68. The van der Waals surface area contributed by atoms with Gasteiger partial charge in [0.25, 0.3) is 0 Å². The molecular formula is C17H19NO4S. The summed E-state index contributed by atoms with van der Waals surface area (Å²) in [5.74, 6) is -0.0276. The van der Waals surface area contributed by atoms with Crippen LogP contribution < -0.4 is 4.72 Å². The average Bonchev–Trinajstić information content (AvgIpc) is 3.05. The maximum atomic E-state index is 12.9. The van der Waals surface area contributed by atoms with E-state index in [0.29, 0.717) is 18.2 Å². The number of rotatable bonds is 3. The van der Waals surface area contributed by atoms with Gasteiger partial charge in [-0.25, -0.2) is 13.1 Å². The Morgan fingerprint density at radius 2 is 1.83 bits per heavy atom. The minimum atomic E-state index is -3.79. The Hall–Kier alpha value is -1.47. The molecule has 0 amide bonds. The van der Waals surface area contributed by atoms with E-state index < -0.39 is 27.8 Å². The lowest BCUT2D eigenvalue weighted by Gasteiger charge is -2.34. The third kappa shape index (κ3) is 2.21. The summed E-state index contributed by atoms with van der Waals surface area (Å²) in [6, 6.07) is 12.5. The molecule has 0 heterocycles. The molecule has 2 bridgehead atoms. The molecule has 0 spiro atoms. The zero-order valence-corrected chi connectivity index (χ0v) is 13.3. The molecular weight excluding hydrogens is 314 g/mol. The predicted molar refractivity (Wildman–Crippen MR) is 86.4 cm³/mol. The molecule has 2 saturated carbocycles. The molecule has 0 aromatic heterocycles. The van der Waals surface area contributed by atoms with Gasteiger partial charge in [0.2, 0.25) is 10.0 Å². The molecule has 4 rings (SSSR count). The van der Waals surface area contributed by atoms with Crippen LogP contribution in [0.2, 0.25) is 0 Å². The van der Waals surface area contributed by atoms with Gasteiger partial charge in [-0.05, 0) is 36.6 Å². The monoisotopic (exact) mass is 333 g/mol. The molecule has 0 aliphatic heterocycles. The highest BCUT2D eigenvalue weighted by Gasteiger charge is 2.58. The molecule has 2 fully saturated rings. The van der Waals surface area contributed by atoms with E-state index >= 15 is 0 Å². The van der Waals surface area contributed by atoms with Crippen LogP contribution in [0.5, 0.6) is 0 Å². The number of nitrogens with one attached hydrogen (secondary N) is 1. The van der Waals surface area contributed by atoms with E-state index in [1.165, 1.54) is 0 Å². The third-order valence-corrected chi connectivity index (χ3v) is 6.95. The maximum absolute atomic E-state index is 12.9. The SMILES string of the molecule is O=S(=O)(NC12CCC(C1)[C@H](O)[C@@H]2O)c1cccc2ccccc12. The lowest BCUT2D eigenvalue weighted by Crippen LogP contribution is -2.56. The van der Waals surface area contributed by atoms with Crippen LogP contribution in [-0.2, 0) is 10.0 Å². The lowest BCUT2D eigenvalue weighted by molar-refractivity contribution is -0.0283. The number of aliphatic hydroxyl groups is 2. The van der Waals surface area contributed by atoms with Gasteiger partial charge in [-0.15, -0.1) is 0 Å². The predicted octanol–water partition coefficient (Wildman–Crippen LogP) is 1.39. The van der Waals surface area contributed by atoms with Crippen LogP contribution in [0.25, 0.3) is 10.8 Å². The van der Waals surface area contributed by atoms with Gasteiger partial charge in [-0.2, -0.15) is 0 Å². The maximum Gasteiger partial charge on any atom is 0.241 e. The summed E-state index contributed by atoms with van der Waals surface area (Å²) in [6.07, 6.45) is -0.125. The Balaban J connectivity index is 1.76. The standard InChI is InChI=1S/C17H19NO4S/c19-15-12-8-9-17(10-12,16(15)20)18-23(21,22)14-7-3-5-11-4-1-2-6-13(11)14/h1-7,12,15-16,18-20H,8-10H2/t12?,15-,16-,17?/m0/s1. The molecule has 23 heavy (non-hydrogen) atoms. The van der Waals surface area contributed by atoms with E-state index in [1.807, 2.05) is 18.2 Å². The molecule has 6 heteroatoms. The van der Waals surface area contributed by atoms with Gasteiger partial charge in [0.05, 0.1) is 22.6 Å². The first-order valence-corrected chi connectivity index (χ1v) is 9.29. The van der Waals surface area contributed by atoms with E-state index in [2.05, 4.69) is 4.72 Å². The van der Waals surface area contributed by atoms with Crippen LogP contribution in [0.4, 0.5) is 0 Å². The molecule has 3 N–H and O–H groups in total. The number of hydrogen-bond acceptors (Lipinski definition) is 4. The van der Waals surface area contributed by atoms with Crippen molar-refractivity contribution in [2.45, 2.75) is 41.9 Å². The first-order chi connectivity index (χ1) is 10.9. The van der Waals surface area contributed by atoms with E-state index in [4.69, 9.17) is 0 Å². The quantitative estimate of drug-likeness (QED) is 0.792. The fourth-order valence-corrected chi connectivity index (χ4v) is 5.85. The number of benzene rings is 2. The Morgan fingerprint density at radius 1 is 1.09 bits per heavy atom. The minimum absolute atomic E-state index is 0.0276. The van der Waals surface area contributed by atoms with E-state index in [9.17, 15) is 18.6 Å². The molecule has 4 atom stereocenters. The normalized spacial score (nSPS) is 33.4. The second kappa shape index (κ2) is 5.01. The van der Waals surface area contributed by atoms with Crippen molar-refractivity contribution in [3.8, 4) is 0 Å². The number of aliphatic hydroxyl groups excluding tert-OH is 2.